The highest BCUT2D eigenvalue weighted by atomic mass is 16.5. The van der Waals surface area contributed by atoms with Crippen molar-refractivity contribution in [2.24, 2.45) is 0 Å². The lowest BCUT2D eigenvalue weighted by atomic mass is 10.2. The number of aromatic nitrogens is 2. The van der Waals surface area contributed by atoms with Gasteiger partial charge in [0.2, 0.25) is 0 Å². The number of anilines is 3. The number of piperazine rings is 1. The Kier molecular flexibility index (Phi) is 5.14. The molecule has 146 valence electrons. The Morgan fingerprint density at radius 2 is 1.96 bits per heavy atom. The van der Waals surface area contributed by atoms with E-state index >= 15 is 0 Å². The predicted molar refractivity (Wildman–Crippen MR) is 109 cm³/mol. The molecule has 0 saturated carbocycles. The number of ether oxygens (including phenoxy) is 1. The monoisotopic (exact) mass is 381 g/mol. The number of hydrogen-bond acceptors (Lipinski definition) is 7. The fourth-order valence-electron chi connectivity index (χ4n) is 3.39. The lowest BCUT2D eigenvalue weighted by Gasteiger charge is -2.29. The second-order valence-electron chi connectivity index (χ2n) is 6.58. The molecule has 4 rings (SSSR count). The Balaban J connectivity index is 1.68. The Morgan fingerprint density at radius 3 is 2.64 bits per heavy atom. The van der Waals surface area contributed by atoms with Gasteiger partial charge < -0.3 is 25.4 Å². The quantitative estimate of drug-likeness (QED) is 0.614. The van der Waals surface area contributed by atoms with Crippen LogP contribution in [0.4, 0.5) is 17.2 Å². The minimum atomic E-state index is -0.410. The minimum absolute atomic E-state index is 0.205. The van der Waals surface area contributed by atoms with E-state index < -0.39 is 6.61 Å². The van der Waals surface area contributed by atoms with Gasteiger partial charge in [0.1, 0.15) is 5.82 Å². The Hall–Kier alpha value is -3.10. The molecule has 0 bridgehead atoms. The lowest BCUT2D eigenvalue weighted by molar-refractivity contribution is 0.280. The third-order valence-electron chi connectivity index (χ3n) is 4.90. The van der Waals surface area contributed by atoms with Crippen LogP contribution in [0.3, 0.4) is 0 Å². The molecule has 28 heavy (non-hydrogen) atoms. The molecule has 3 aromatic rings. The van der Waals surface area contributed by atoms with E-state index in [-0.39, 0.29) is 11.1 Å². The highest BCUT2D eigenvalue weighted by molar-refractivity contribution is 5.66. The predicted octanol–water partition coefficient (Wildman–Crippen LogP) is 1.35. The maximum absolute atomic E-state index is 12.8. The number of methoxy groups -OCH3 is 1. The van der Waals surface area contributed by atoms with Crippen molar-refractivity contribution >= 4 is 22.8 Å². The summed E-state index contributed by atoms with van der Waals surface area (Å²) in [6, 6.07) is 11.4. The number of nitrogens with one attached hydrogen (secondary N) is 2. The molecule has 0 atom stereocenters. The smallest absolute Gasteiger partial charge is 0.265 e. The molecule has 0 aliphatic carbocycles. The number of hydrogen-bond donors (Lipinski definition) is 3. The summed E-state index contributed by atoms with van der Waals surface area (Å²) >= 11 is 0. The van der Waals surface area contributed by atoms with E-state index in [0.717, 1.165) is 37.6 Å². The van der Waals surface area contributed by atoms with Gasteiger partial charge >= 0.3 is 0 Å². The normalized spacial score (nSPS) is 14.3. The zero-order valence-corrected chi connectivity index (χ0v) is 15.7. The van der Waals surface area contributed by atoms with Crippen molar-refractivity contribution in [1.29, 1.82) is 0 Å². The van der Waals surface area contributed by atoms with Crippen LogP contribution < -0.4 is 25.8 Å². The number of aliphatic hydroxyl groups excluding tert-OH is 1. The van der Waals surface area contributed by atoms with Crippen molar-refractivity contribution in [1.82, 2.24) is 14.7 Å². The number of benzene rings is 1. The average Bonchev–Trinajstić information content (AvgIpc) is 2.75. The van der Waals surface area contributed by atoms with Gasteiger partial charge in [-0.2, -0.15) is 0 Å². The Labute approximate surface area is 162 Å². The number of rotatable bonds is 5. The molecule has 1 saturated heterocycles. The summed E-state index contributed by atoms with van der Waals surface area (Å²) < 4.78 is 6.70. The van der Waals surface area contributed by atoms with E-state index in [9.17, 15) is 9.90 Å². The van der Waals surface area contributed by atoms with Crippen molar-refractivity contribution in [3.05, 3.63) is 58.5 Å². The van der Waals surface area contributed by atoms with Crippen LogP contribution >= 0.6 is 0 Å². The van der Waals surface area contributed by atoms with E-state index in [0.29, 0.717) is 17.2 Å². The van der Waals surface area contributed by atoms with E-state index in [1.165, 1.54) is 11.5 Å². The molecule has 0 radical (unpaired) electrons. The van der Waals surface area contributed by atoms with Crippen molar-refractivity contribution in [3.63, 3.8) is 0 Å². The standard InChI is InChI=1S/C20H23N5O3/c1-28-17-3-2-10-25-19(17)23-18(16(13-26)20(25)27)22-14-4-6-15(7-5-14)24-11-8-21-9-12-24/h2-7,10,21-22,26H,8-9,11-13H2,1H3. The third-order valence-corrected chi connectivity index (χ3v) is 4.90. The number of aliphatic hydroxyl groups is 1. The molecule has 1 aromatic carbocycles. The SMILES string of the molecule is COc1cccn2c(=O)c(CO)c(Nc3ccc(N4CCNCC4)cc3)nc12. The molecule has 1 fully saturated rings. The number of fused-ring (bicyclic) bond motifs is 1. The van der Waals surface area contributed by atoms with Crippen LogP contribution in [0.5, 0.6) is 5.75 Å². The highest BCUT2D eigenvalue weighted by Crippen LogP contribution is 2.24. The van der Waals surface area contributed by atoms with Gasteiger partial charge in [-0.3, -0.25) is 9.20 Å². The van der Waals surface area contributed by atoms with E-state index in [1.807, 2.05) is 24.3 Å². The maximum atomic E-state index is 12.8. The van der Waals surface area contributed by atoms with Gasteiger partial charge in [0.15, 0.2) is 11.4 Å². The number of nitrogens with zero attached hydrogens (tertiary/aromatic N) is 3. The van der Waals surface area contributed by atoms with Crippen molar-refractivity contribution in [3.8, 4) is 5.75 Å². The second-order valence-corrected chi connectivity index (χ2v) is 6.58. The molecule has 0 unspecified atom stereocenters. The molecule has 0 spiro atoms. The van der Waals surface area contributed by atoms with Gasteiger partial charge in [-0.25, -0.2) is 4.98 Å². The van der Waals surface area contributed by atoms with Gasteiger partial charge in [-0.15, -0.1) is 0 Å². The highest BCUT2D eigenvalue weighted by Gasteiger charge is 2.15. The summed E-state index contributed by atoms with van der Waals surface area (Å²) in [5, 5.41) is 16.2. The average molecular weight is 381 g/mol. The van der Waals surface area contributed by atoms with E-state index in [2.05, 4.69) is 20.5 Å². The second kappa shape index (κ2) is 7.87. The summed E-state index contributed by atoms with van der Waals surface area (Å²) in [7, 11) is 1.53. The molecule has 2 aromatic heterocycles. The van der Waals surface area contributed by atoms with Crippen molar-refractivity contribution < 1.29 is 9.84 Å². The van der Waals surface area contributed by atoms with Crippen molar-refractivity contribution in [2.75, 3.05) is 43.5 Å². The molecular formula is C20H23N5O3. The van der Waals surface area contributed by atoms with Gasteiger partial charge in [0.05, 0.1) is 19.3 Å². The van der Waals surface area contributed by atoms with E-state index in [1.54, 1.807) is 18.3 Å². The van der Waals surface area contributed by atoms with Gasteiger partial charge in [0.25, 0.3) is 5.56 Å². The van der Waals surface area contributed by atoms with Crippen LogP contribution in [0.15, 0.2) is 47.4 Å². The van der Waals surface area contributed by atoms with E-state index in [4.69, 9.17) is 4.74 Å². The zero-order valence-electron chi connectivity index (χ0n) is 15.7. The molecule has 3 heterocycles. The summed E-state index contributed by atoms with van der Waals surface area (Å²) in [6.07, 6.45) is 1.61. The van der Waals surface area contributed by atoms with Crippen LogP contribution in [0.1, 0.15) is 5.56 Å². The summed E-state index contributed by atoms with van der Waals surface area (Å²) in [6.45, 7) is 3.50. The molecular weight excluding hydrogens is 358 g/mol. The number of pyridine rings is 1. The van der Waals surface area contributed by atoms with Crippen molar-refractivity contribution in [2.45, 2.75) is 6.61 Å². The van der Waals surface area contributed by atoms with Crippen LogP contribution in [0.25, 0.3) is 5.65 Å². The lowest BCUT2D eigenvalue weighted by Crippen LogP contribution is -2.43. The molecule has 1 aliphatic rings. The molecule has 3 N–H and O–H groups in total. The topological polar surface area (TPSA) is 91.1 Å². The molecule has 8 nitrogen and oxygen atoms in total. The minimum Gasteiger partial charge on any atom is -0.493 e. The van der Waals surface area contributed by atoms with Crippen LogP contribution in [-0.4, -0.2) is 47.8 Å². The van der Waals surface area contributed by atoms with Gasteiger partial charge in [-0.1, -0.05) is 0 Å². The van der Waals surface area contributed by atoms with Gasteiger partial charge in [0, 0.05) is 43.8 Å². The zero-order chi connectivity index (χ0) is 19.5. The summed E-state index contributed by atoms with van der Waals surface area (Å²) in [5.41, 5.74) is 2.22. The third kappa shape index (κ3) is 3.39. The molecule has 0 amide bonds. The first-order chi connectivity index (χ1) is 13.7. The first kappa shape index (κ1) is 18.3. The molecule has 8 heteroatoms. The fraction of sp³-hybridized carbons (Fsp3) is 0.300. The maximum Gasteiger partial charge on any atom is 0.265 e. The largest absolute Gasteiger partial charge is 0.493 e. The van der Waals surface area contributed by atoms with Crippen LogP contribution in [-0.2, 0) is 6.61 Å². The summed E-state index contributed by atoms with van der Waals surface area (Å²) in [5.74, 6) is 0.813. The Bertz CT molecular complexity index is 1030. The van der Waals surface area contributed by atoms with Crippen LogP contribution in [0.2, 0.25) is 0 Å². The van der Waals surface area contributed by atoms with Crippen LogP contribution in [0, 0.1) is 0 Å². The molecule has 1 aliphatic heterocycles. The first-order valence-electron chi connectivity index (χ1n) is 9.23. The first-order valence-corrected chi connectivity index (χ1v) is 9.23. The Morgan fingerprint density at radius 1 is 1.21 bits per heavy atom. The van der Waals surface area contributed by atoms with Gasteiger partial charge in [-0.05, 0) is 36.4 Å². The fourth-order valence-corrected chi connectivity index (χ4v) is 3.39. The summed E-state index contributed by atoms with van der Waals surface area (Å²) in [4.78, 5) is 19.6.